The van der Waals surface area contributed by atoms with Gasteiger partial charge in [0.15, 0.2) is 0 Å². The summed E-state index contributed by atoms with van der Waals surface area (Å²) < 4.78 is 0. The van der Waals surface area contributed by atoms with Gasteiger partial charge >= 0.3 is 0 Å². The first kappa shape index (κ1) is 12.3. The van der Waals surface area contributed by atoms with Crippen LogP contribution in [0, 0.1) is 18.3 Å². The fourth-order valence-corrected chi connectivity index (χ4v) is 3.15. The van der Waals surface area contributed by atoms with E-state index in [4.69, 9.17) is 6.42 Å². The lowest BCUT2D eigenvalue weighted by molar-refractivity contribution is 0.191. The molecule has 0 aromatic heterocycles. The van der Waals surface area contributed by atoms with Crippen molar-refractivity contribution < 1.29 is 0 Å². The van der Waals surface area contributed by atoms with Crippen molar-refractivity contribution in [3.05, 3.63) is 35.7 Å². The number of allylic oxidation sites excluding steroid dienone is 2. The van der Waals surface area contributed by atoms with E-state index in [0.29, 0.717) is 12.5 Å². The number of aliphatic imine (C=N–C) groups is 1. The molecule has 0 radical (unpaired) electrons. The fourth-order valence-electron chi connectivity index (χ4n) is 3.15. The van der Waals surface area contributed by atoms with Crippen molar-refractivity contribution >= 4 is 6.21 Å². The molecule has 2 unspecified atom stereocenters. The van der Waals surface area contributed by atoms with Gasteiger partial charge in [0, 0.05) is 38.0 Å². The Morgan fingerprint density at radius 1 is 1.53 bits per heavy atom. The summed E-state index contributed by atoms with van der Waals surface area (Å²) in [6.07, 6.45) is 16.5. The summed E-state index contributed by atoms with van der Waals surface area (Å²) in [4.78, 5) is 9.21. The maximum atomic E-state index is 5.46. The summed E-state index contributed by atoms with van der Waals surface area (Å²) in [6, 6.07) is 0. The summed E-state index contributed by atoms with van der Waals surface area (Å²) in [7, 11) is 2.17. The van der Waals surface area contributed by atoms with Crippen molar-refractivity contribution in [2.75, 3.05) is 26.7 Å². The third kappa shape index (κ3) is 1.84. The SMILES string of the molecule is C#CCN1CC2=CC3(C=CC=C(C1)N3C)C(C)C=N2. The van der Waals surface area contributed by atoms with Gasteiger partial charge < -0.3 is 4.90 Å². The Morgan fingerprint density at radius 2 is 2.37 bits per heavy atom. The van der Waals surface area contributed by atoms with Gasteiger partial charge in [0.25, 0.3) is 0 Å². The van der Waals surface area contributed by atoms with Crippen LogP contribution in [0.4, 0.5) is 0 Å². The molecule has 19 heavy (non-hydrogen) atoms. The molecule has 0 saturated carbocycles. The van der Waals surface area contributed by atoms with Crippen molar-refractivity contribution in [3.63, 3.8) is 0 Å². The monoisotopic (exact) mass is 253 g/mol. The van der Waals surface area contributed by atoms with Crippen LogP contribution in [0.5, 0.6) is 0 Å². The standard InChI is InChI=1S/C16H19N3/c1-4-8-19-11-14-9-16(13(2)10-17-14)7-5-6-15(12-19)18(16)3/h1,5-7,9-10,13H,8,11-12H2,2-3H3. The average molecular weight is 253 g/mol. The van der Waals surface area contributed by atoms with Gasteiger partial charge in [-0.05, 0) is 12.2 Å². The summed E-state index contributed by atoms with van der Waals surface area (Å²) in [5.41, 5.74) is 2.38. The molecule has 0 aromatic carbocycles. The van der Waals surface area contributed by atoms with E-state index in [9.17, 15) is 0 Å². The third-order valence-corrected chi connectivity index (χ3v) is 4.34. The molecule has 0 amide bonds. The van der Waals surface area contributed by atoms with Gasteiger partial charge in [-0.25, -0.2) is 0 Å². The van der Waals surface area contributed by atoms with Gasteiger partial charge in [0.05, 0.1) is 17.8 Å². The molecule has 0 fully saturated rings. The minimum atomic E-state index is -0.0522. The number of fused-ring (bicyclic) bond motifs is 1. The zero-order valence-corrected chi connectivity index (χ0v) is 11.5. The number of hydrogen-bond donors (Lipinski definition) is 0. The van der Waals surface area contributed by atoms with E-state index in [1.807, 2.05) is 0 Å². The second-order valence-electron chi connectivity index (χ2n) is 5.52. The van der Waals surface area contributed by atoms with Crippen LogP contribution < -0.4 is 0 Å². The number of likely N-dealkylation sites (N-methyl/N-ethyl adjacent to an activating group) is 1. The first-order valence-corrected chi connectivity index (χ1v) is 6.69. The van der Waals surface area contributed by atoms with Gasteiger partial charge in [-0.15, -0.1) is 6.42 Å². The number of terminal acetylenes is 1. The van der Waals surface area contributed by atoms with E-state index in [0.717, 1.165) is 18.8 Å². The number of hydrogen-bond acceptors (Lipinski definition) is 3. The van der Waals surface area contributed by atoms with Crippen LogP contribution in [0.2, 0.25) is 0 Å². The van der Waals surface area contributed by atoms with Crippen molar-refractivity contribution in [2.24, 2.45) is 10.9 Å². The maximum absolute atomic E-state index is 5.46. The topological polar surface area (TPSA) is 18.8 Å². The van der Waals surface area contributed by atoms with E-state index < -0.39 is 0 Å². The summed E-state index contributed by atoms with van der Waals surface area (Å²) in [5, 5.41) is 0. The van der Waals surface area contributed by atoms with E-state index >= 15 is 0 Å². The zero-order valence-electron chi connectivity index (χ0n) is 11.5. The number of rotatable bonds is 1. The average Bonchev–Trinajstić information content (AvgIpc) is 2.39. The Balaban J connectivity index is 2.07. The second kappa shape index (κ2) is 4.40. The fraction of sp³-hybridized carbons (Fsp3) is 0.438. The molecule has 3 aliphatic heterocycles. The molecule has 98 valence electrons. The molecule has 0 saturated heterocycles. The molecule has 1 spiro atoms. The van der Waals surface area contributed by atoms with E-state index in [-0.39, 0.29) is 5.54 Å². The van der Waals surface area contributed by atoms with Crippen LogP contribution in [-0.4, -0.2) is 48.2 Å². The highest BCUT2D eigenvalue weighted by Crippen LogP contribution is 2.37. The molecular weight excluding hydrogens is 234 g/mol. The smallest absolute Gasteiger partial charge is 0.0861 e. The molecule has 3 heteroatoms. The van der Waals surface area contributed by atoms with Gasteiger partial charge in [-0.2, -0.15) is 0 Å². The van der Waals surface area contributed by atoms with Crippen LogP contribution >= 0.6 is 0 Å². The van der Waals surface area contributed by atoms with Crippen LogP contribution in [0.15, 0.2) is 40.7 Å². The summed E-state index contributed by atoms with van der Waals surface area (Å²) in [5.74, 6) is 3.11. The molecule has 0 aromatic rings. The Labute approximate surface area is 115 Å². The largest absolute Gasteiger partial charge is 0.363 e. The first-order valence-electron chi connectivity index (χ1n) is 6.69. The van der Waals surface area contributed by atoms with Crippen LogP contribution in [-0.2, 0) is 0 Å². The van der Waals surface area contributed by atoms with Crippen LogP contribution in [0.3, 0.4) is 0 Å². The highest BCUT2D eigenvalue weighted by atomic mass is 15.3. The third-order valence-electron chi connectivity index (χ3n) is 4.34. The summed E-state index contributed by atoms with van der Waals surface area (Å²) >= 11 is 0. The minimum Gasteiger partial charge on any atom is -0.363 e. The minimum absolute atomic E-state index is 0.0522. The molecule has 0 aliphatic carbocycles. The van der Waals surface area contributed by atoms with Crippen molar-refractivity contribution in [2.45, 2.75) is 12.5 Å². The van der Waals surface area contributed by atoms with Gasteiger partial charge in [0.1, 0.15) is 0 Å². The Kier molecular flexibility index (Phi) is 2.83. The molecule has 2 atom stereocenters. The lowest BCUT2D eigenvalue weighted by Crippen LogP contribution is -2.54. The molecule has 3 aliphatic rings. The predicted octanol–water partition coefficient (Wildman–Crippen LogP) is 1.66. The van der Waals surface area contributed by atoms with Crippen molar-refractivity contribution in [3.8, 4) is 12.3 Å². The van der Waals surface area contributed by atoms with Gasteiger partial charge in [0.2, 0.25) is 0 Å². The molecular formula is C16H19N3. The molecule has 3 bridgehead atoms. The van der Waals surface area contributed by atoms with E-state index in [1.165, 1.54) is 5.70 Å². The Hall–Kier alpha value is -1.79. The molecule has 3 heterocycles. The Bertz CT molecular complexity index is 547. The molecule has 3 nitrogen and oxygen atoms in total. The Morgan fingerprint density at radius 3 is 3.16 bits per heavy atom. The van der Waals surface area contributed by atoms with Gasteiger partial charge in [-0.3, -0.25) is 9.89 Å². The van der Waals surface area contributed by atoms with Gasteiger partial charge in [-0.1, -0.05) is 25.0 Å². The second-order valence-corrected chi connectivity index (χ2v) is 5.52. The normalized spacial score (nSPS) is 33.1. The maximum Gasteiger partial charge on any atom is 0.0861 e. The molecule has 0 N–H and O–H groups in total. The van der Waals surface area contributed by atoms with Crippen LogP contribution in [0.25, 0.3) is 0 Å². The van der Waals surface area contributed by atoms with Crippen molar-refractivity contribution in [1.29, 1.82) is 0 Å². The van der Waals surface area contributed by atoms with Crippen molar-refractivity contribution in [1.82, 2.24) is 9.80 Å². The first-order chi connectivity index (χ1) is 9.15. The number of nitrogens with zero attached hydrogens (tertiary/aromatic N) is 3. The highest BCUT2D eigenvalue weighted by Gasteiger charge is 2.41. The lowest BCUT2D eigenvalue weighted by atomic mass is 9.79. The molecule has 3 rings (SSSR count). The zero-order chi connectivity index (χ0) is 13.5. The van der Waals surface area contributed by atoms with Crippen LogP contribution in [0.1, 0.15) is 6.92 Å². The summed E-state index contributed by atoms with van der Waals surface area (Å²) in [6.45, 7) is 4.59. The highest BCUT2D eigenvalue weighted by molar-refractivity contribution is 5.69. The quantitative estimate of drug-likeness (QED) is 0.662. The van der Waals surface area contributed by atoms with E-state index in [2.05, 4.69) is 65.2 Å². The van der Waals surface area contributed by atoms with E-state index in [1.54, 1.807) is 0 Å². The predicted molar refractivity (Wildman–Crippen MR) is 78.7 cm³/mol. The lowest BCUT2D eigenvalue weighted by Gasteiger charge is -2.49.